The van der Waals surface area contributed by atoms with Gasteiger partial charge in [-0.2, -0.15) is 5.10 Å². The van der Waals surface area contributed by atoms with Crippen molar-refractivity contribution < 1.29 is 5.11 Å². The molecule has 3 heteroatoms. The lowest BCUT2D eigenvalue weighted by molar-refractivity contribution is 0.174. The first-order valence-corrected chi connectivity index (χ1v) is 2.73. The van der Waals surface area contributed by atoms with Crippen LogP contribution in [0.2, 0.25) is 0 Å². The molecule has 0 amide bonds. The molecule has 0 bridgehead atoms. The molecule has 0 fully saturated rings. The molecular formula is C5H10N2O. The Labute approximate surface area is 48.4 Å². The number of nitrogens with one attached hydrogen (secondary N) is 1. The third-order valence-electron chi connectivity index (χ3n) is 1.19. The van der Waals surface area contributed by atoms with Crippen LogP contribution in [0.4, 0.5) is 0 Å². The van der Waals surface area contributed by atoms with E-state index < -0.39 is 6.23 Å². The minimum absolute atomic E-state index is 0.367. The van der Waals surface area contributed by atoms with Crippen LogP contribution in [0, 0.1) is 5.92 Å². The Hall–Kier alpha value is -0.570. The number of aliphatic hydroxyl groups is 1. The van der Waals surface area contributed by atoms with Crippen LogP contribution in [-0.2, 0) is 0 Å². The molecule has 0 saturated heterocycles. The van der Waals surface area contributed by atoms with E-state index in [2.05, 4.69) is 10.5 Å². The van der Waals surface area contributed by atoms with Gasteiger partial charge in [-0.1, -0.05) is 13.8 Å². The molecule has 0 aromatic rings. The maximum absolute atomic E-state index is 8.84. The van der Waals surface area contributed by atoms with E-state index in [4.69, 9.17) is 5.11 Å². The molecule has 8 heavy (non-hydrogen) atoms. The molecule has 1 aliphatic heterocycles. The molecule has 0 aromatic heterocycles. The van der Waals surface area contributed by atoms with Gasteiger partial charge in [0.2, 0.25) is 0 Å². The van der Waals surface area contributed by atoms with Crippen LogP contribution in [0.25, 0.3) is 0 Å². The predicted octanol–water partition coefficient (Wildman–Crippen LogP) is -0.0800. The van der Waals surface area contributed by atoms with Crippen molar-refractivity contribution in [2.75, 3.05) is 0 Å². The van der Waals surface area contributed by atoms with E-state index in [-0.39, 0.29) is 0 Å². The van der Waals surface area contributed by atoms with Crippen LogP contribution in [-0.4, -0.2) is 17.0 Å². The van der Waals surface area contributed by atoms with E-state index in [1.807, 2.05) is 13.8 Å². The van der Waals surface area contributed by atoms with Crippen molar-refractivity contribution in [1.82, 2.24) is 5.43 Å². The minimum atomic E-state index is -0.477. The Balaban J connectivity index is 2.49. The molecule has 0 spiro atoms. The molecule has 0 aliphatic carbocycles. The highest BCUT2D eigenvalue weighted by molar-refractivity contribution is 5.92. The van der Waals surface area contributed by atoms with Gasteiger partial charge in [0.15, 0.2) is 6.23 Å². The number of nitrogens with zero attached hydrogens (tertiary/aromatic N) is 1. The molecule has 1 aliphatic rings. The zero-order valence-electron chi connectivity index (χ0n) is 5.05. The molecule has 0 aromatic carbocycles. The zero-order chi connectivity index (χ0) is 6.15. The third-order valence-corrected chi connectivity index (χ3v) is 1.19. The first-order chi connectivity index (χ1) is 3.72. The van der Waals surface area contributed by atoms with E-state index in [1.165, 1.54) is 0 Å². The highest BCUT2D eigenvalue weighted by Gasteiger charge is 2.22. The Kier molecular flexibility index (Phi) is 1.21. The maximum Gasteiger partial charge on any atom is 0.181 e. The Morgan fingerprint density at radius 3 is 2.38 bits per heavy atom. The maximum atomic E-state index is 8.84. The van der Waals surface area contributed by atoms with Crippen LogP contribution in [0.1, 0.15) is 13.8 Å². The van der Waals surface area contributed by atoms with Crippen LogP contribution in [0.5, 0.6) is 0 Å². The van der Waals surface area contributed by atoms with Crippen molar-refractivity contribution >= 4 is 5.71 Å². The lowest BCUT2D eigenvalue weighted by Gasteiger charge is -2.24. The smallest absolute Gasteiger partial charge is 0.181 e. The van der Waals surface area contributed by atoms with Crippen LogP contribution < -0.4 is 5.43 Å². The van der Waals surface area contributed by atoms with Gasteiger partial charge in [0.1, 0.15) is 0 Å². The lowest BCUT2D eigenvalue weighted by atomic mass is 10.1. The summed E-state index contributed by atoms with van der Waals surface area (Å²) in [6.07, 6.45) is -0.477. The fourth-order valence-corrected chi connectivity index (χ4v) is 0.642. The highest BCUT2D eigenvalue weighted by Crippen LogP contribution is 2.05. The Morgan fingerprint density at radius 1 is 1.75 bits per heavy atom. The molecule has 0 saturated carbocycles. The third kappa shape index (κ3) is 0.690. The van der Waals surface area contributed by atoms with Crippen molar-refractivity contribution in [2.24, 2.45) is 11.0 Å². The Morgan fingerprint density at radius 2 is 2.38 bits per heavy atom. The van der Waals surface area contributed by atoms with Crippen LogP contribution >= 0.6 is 0 Å². The molecule has 46 valence electrons. The second-order valence-electron chi connectivity index (χ2n) is 2.22. The number of hydrazone groups is 1. The summed E-state index contributed by atoms with van der Waals surface area (Å²) in [4.78, 5) is 0. The van der Waals surface area contributed by atoms with E-state index in [9.17, 15) is 0 Å². The number of hydrogen-bond acceptors (Lipinski definition) is 3. The van der Waals surface area contributed by atoms with Gasteiger partial charge in [-0.15, -0.1) is 0 Å². The zero-order valence-corrected chi connectivity index (χ0v) is 5.05. The molecular weight excluding hydrogens is 104 g/mol. The molecule has 1 rings (SSSR count). The van der Waals surface area contributed by atoms with E-state index in [0.29, 0.717) is 5.92 Å². The predicted molar refractivity (Wildman–Crippen MR) is 31.4 cm³/mol. The van der Waals surface area contributed by atoms with Gasteiger partial charge < -0.3 is 5.11 Å². The number of aliphatic hydroxyl groups excluding tert-OH is 1. The standard InChI is InChI=1S/C5H10N2O/c1-3(2)4-5(8)7-6-4/h3,5,7-8H,1-2H3. The van der Waals surface area contributed by atoms with Crippen molar-refractivity contribution in [3.63, 3.8) is 0 Å². The number of rotatable bonds is 1. The van der Waals surface area contributed by atoms with E-state index >= 15 is 0 Å². The van der Waals surface area contributed by atoms with Crippen LogP contribution in [0.15, 0.2) is 5.10 Å². The fraction of sp³-hybridized carbons (Fsp3) is 0.800. The van der Waals surface area contributed by atoms with Gasteiger partial charge >= 0.3 is 0 Å². The average Bonchev–Trinajstić information content (AvgIpc) is 1.61. The largest absolute Gasteiger partial charge is 0.367 e. The van der Waals surface area contributed by atoms with Gasteiger partial charge in [0.25, 0.3) is 0 Å². The van der Waals surface area contributed by atoms with Gasteiger partial charge in [0, 0.05) is 0 Å². The molecule has 1 unspecified atom stereocenters. The SMILES string of the molecule is CC(C)C1=NNC1O. The second-order valence-corrected chi connectivity index (χ2v) is 2.22. The van der Waals surface area contributed by atoms with Gasteiger partial charge in [-0.05, 0) is 5.92 Å². The fourth-order valence-electron chi connectivity index (χ4n) is 0.642. The van der Waals surface area contributed by atoms with E-state index in [0.717, 1.165) is 5.71 Å². The first kappa shape index (κ1) is 5.56. The topological polar surface area (TPSA) is 44.6 Å². The molecule has 0 radical (unpaired) electrons. The number of hydrogen-bond donors (Lipinski definition) is 2. The molecule has 3 nitrogen and oxygen atoms in total. The van der Waals surface area contributed by atoms with Crippen molar-refractivity contribution in [1.29, 1.82) is 0 Å². The monoisotopic (exact) mass is 114 g/mol. The molecule has 2 N–H and O–H groups in total. The molecule has 1 heterocycles. The van der Waals surface area contributed by atoms with E-state index in [1.54, 1.807) is 0 Å². The average molecular weight is 114 g/mol. The summed E-state index contributed by atoms with van der Waals surface area (Å²) < 4.78 is 0. The molecule has 1 atom stereocenters. The van der Waals surface area contributed by atoms with Gasteiger partial charge in [0.05, 0.1) is 5.71 Å². The van der Waals surface area contributed by atoms with Crippen molar-refractivity contribution in [2.45, 2.75) is 20.1 Å². The minimum Gasteiger partial charge on any atom is -0.367 e. The van der Waals surface area contributed by atoms with Crippen molar-refractivity contribution in [3.05, 3.63) is 0 Å². The highest BCUT2D eigenvalue weighted by atomic mass is 16.3. The summed E-state index contributed by atoms with van der Waals surface area (Å²) in [5.74, 6) is 0.367. The summed E-state index contributed by atoms with van der Waals surface area (Å²) in [5, 5.41) is 12.6. The summed E-state index contributed by atoms with van der Waals surface area (Å²) in [5.41, 5.74) is 3.34. The summed E-state index contributed by atoms with van der Waals surface area (Å²) >= 11 is 0. The Bertz CT molecular complexity index is 120. The van der Waals surface area contributed by atoms with Gasteiger partial charge in [-0.25, -0.2) is 0 Å². The van der Waals surface area contributed by atoms with Crippen molar-refractivity contribution in [3.8, 4) is 0 Å². The van der Waals surface area contributed by atoms with Gasteiger partial charge in [-0.3, -0.25) is 5.43 Å². The summed E-state index contributed by atoms with van der Waals surface area (Å²) in [6.45, 7) is 4.01. The normalized spacial score (nSPS) is 26.5. The second kappa shape index (κ2) is 1.74. The first-order valence-electron chi connectivity index (χ1n) is 2.73. The quantitative estimate of drug-likeness (QED) is 0.500. The summed E-state index contributed by atoms with van der Waals surface area (Å²) in [7, 11) is 0. The van der Waals surface area contributed by atoms with Crippen LogP contribution in [0.3, 0.4) is 0 Å². The lowest BCUT2D eigenvalue weighted by Crippen LogP contribution is -2.46. The summed E-state index contributed by atoms with van der Waals surface area (Å²) in [6, 6.07) is 0.